The van der Waals surface area contributed by atoms with Crippen molar-refractivity contribution in [3.8, 4) is 23.3 Å². The summed E-state index contributed by atoms with van der Waals surface area (Å²) in [5.74, 6) is -1.18. The SMILES string of the molecule is CCOc1cc(C2/C(=C(\O)c3cc(Cl)c(OC)c(Cl)c3)C(=O)C(=O)N2c2ccc(C#N)cc2)ccc1OC. The van der Waals surface area contributed by atoms with Crippen LogP contribution < -0.4 is 19.1 Å². The number of halogens is 2. The molecule has 38 heavy (non-hydrogen) atoms. The van der Waals surface area contributed by atoms with Gasteiger partial charge in [-0.05, 0) is 61.0 Å². The van der Waals surface area contributed by atoms with E-state index >= 15 is 0 Å². The number of aliphatic hydroxyl groups excluding tert-OH is 1. The van der Waals surface area contributed by atoms with Crippen LogP contribution in [0, 0.1) is 11.3 Å². The van der Waals surface area contributed by atoms with Gasteiger partial charge in [-0.25, -0.2) is 0 Å². The van der Waals surface area contributed by atoms with E-state index in [0.29, 0.717) is 34.9 Å². The molecule has 3 aromatic carbocycles. The summed E-state index contributed by atoms with van der Waals surface area (Å²) in [5.41, 5.74) is 1.17. The van der Waals surface area contributed by atoms with E-state index in [1.807, 2.05) is 13.0 Å². The first-order valence-corrected chi connectivity index (χ1v) is 12.2. The molecule has 1 saturated heterocycles. The van der Waals surface area contributed by atoms with Crippen LogP contribution in [0.3, 0.4) is 0 Å². The molecule has 10 heteroatoms. The van der Waals surface area contributed by atoms with Gasteiger partial charge in [-0.3, -0.25) is 14.5 Å². The Kier molecular flexibility index (Phi) is 7.81. The number of rotatable bonds is 7. The van der Waals surface area contributed by atoms with Gasteiger partial charge in [0, 0.05) is 11.3 Å². The van der Waals surface area contributed by atoms with Crippen LogP contribution in [-0.2, 0) is 9.59 Å². The van der Waals surface area contributed by atoms with Crippen molar-refractivity contribution in [1.29, 1.82) is 5.26 Å². The number of hydrogen-bond donors (Lipinski definition) is 1. The lowest BCUT2D eigenvalue weighted by molar-refractivity contribution is -0.132. The minimum absolute atomic E-state index is 0.113. The van der Waals surface area contributed by atoms with Gasteiger partial charge in [0.25, 0.3) is 11.7 Å². The van der Waals surface area contributed by atoms with E-state index in [9.17, 15) is 20.0 Å². The number of amides is 1. The van der Waals surface area contributed by atoms with Crippen molar-refractivity contribution in [2.24, 2.45) is 0 Å². The molecule has 1 fully saturated rings. The van der Waals surface area contributed by atoms with Gasteiger partial charge >= 0.3 is 0 Å². The van der Waals surface area contributed by atoms with E-state index in [0.717, 1.165) is 0 Å². The molecule has 1 amide bonds. The predicted molar refractivity (Wildman–Crippen MR) is 143 cm³/mol. The Hall–Kier alpha value is -4.19. The van der Waals surface area contributed by atoms with Crippen LogP contribution in [0.15, 0.2) is 60.2 Å². The minimum Gasteiger partial charge on any atom is -0.507 e. The monoisotopic (exact) mass is 552 g/mol. The summed E-state index contributed by atoms with van der Waals surface area (Å²) in [5, 5.41) is 20.8. The van der Waals surface area contributed by atoms with E-state index in [2.05, 4.69) is 0 Å². The predicted octanol–water partition coefficient (Wildman–Crippen LogP) is 5.91. The number of aliphatic hydroxyl groups is 1. The van der Waals surface area contributed by atoms with E-state index in [-0.39, 0.29) is 26.9 Å². The van der Waals surface area contributed by atoms with Crippen LogP contribution in [-0.4, -0.2) is 37.6 Å². The van der Waals surface area contributed by atoms with Gasteiger partial charge < -0.3 is 19.3 Å². The van der Waals surface area contributed by atoms with Crippen molar-refractivity contribution in [3.05, 3.63) is 86.9 Å². The summed E-state index contributed by atoms with van der Waals surface area (Å²) in [7, 11) is 2.90. The van der Waals surface area contributed by atoms with Gasteiger partial charge in [-0.15, -0.1) is 0 Å². The molecule has 0 spiro atoms. The molecule has 1 heterocycles. The molecule has 0 aromatic heterocycles. The second kappa shape index (κ2) is 11.1. The lowest BCUT2D eigenvalue weighted by Crippen LogP contribution is -2.29. The average Bonchev–Trinajstić information content (AvgIpc) is 3.18. The molecule has 1 aliphatic heterocycles. The lowest BCUT2D eigenvalue weighted by Gasteiger charge is -2.26. The van der Waals surface area contributed by atoms with Gasteiger partial charge in [0.15, 0.2) is 17.2 Å². The lowest BCUT2D eigenvalue weighted by atomic mass is 9.94. The molecule has 4 rings (SSSR count). The fraction of sp³-hybridized carbons (Fsp3) is 0.179. The highest BCUT2D eigenvalue weighted by atomic mass is 35.5. The van der Waals surface area contributed by atoms with E-state index < -0.39 is 23.5 Å². The zero-order valence-corrected chi connectivity index (χ0v) is 22.1. The van der Waals surface area contributed by atoms with Crippen molar-refractivity contribution >= 4 is 46.3 Å². The molecule has 0 aliphatic carbocycles. The molecular formula is C28H22Cl2N2O6. The fourth-order valence-electron chi connectivity index (χ4n) is 4.29. The molecular weight excluding hydrogens is 531 g/mol. The molecule has 1 N–H and O–H groups in total. The first kappa shape index (κ1) is 26.9. The summed E-state index contributed by atoms with van der Waals surface area (Å²) in [6.07, 6.45) is 0. The Morgan fingerprint density at radius 1 is 1.00 bits per heavy atom. The van der Waals surface area contributed by atoms with Crippen LogP contribution in [0.2, 0.25) is 10.0 Å². The topological polar surface area (TPSA) is 109 Å². The van der Waals surface area contributed by atoms with Crippen LogP contribution in [0.5, 0.6) is 17.2 Å². The number of ketones is 1. The first-order valence-electron chi connectivity index (χ1n) is 11.4. The molecule has 8 nitrogen and oxygen atoms in total. The molecule has 1 aliphatic rings. The van der Waals surface area contributed by atoms with Crippen molar-refractivity contribution in [1.82, 2.24) is 0 Å². The third-order valence-corrected chi connectivity index (χ3v) is 6.56. The summed E-state index contributed by atoms with van der Waals surface area (Å²) < 4.78 is 16.3. The van der Waals surface area contributed by atoms with Crippen LogP contribution in [0.1, 0.15) is 29.7 Å². The zero-order valence-electron chi connectivity index (χ0n) is 20.6. The van der Waals surface area contributed by atoms with Gasteiger partial charge in [-0.2, -0.15) is 5.26 Å². The second-order valence-corrected chi connectivity index (χ2v) is 8.96. The normalized spacial score (nSPS) is 16.3. The first-order chi connectivity index (χ1) is 18.2. The Bertz CT molecular complexity index is 1470. The quantitative estimate of drug-likeness (QED) is 0.220. The number of carbonyl (C=O) groups is 2. The van der Waals surface area contributed by atoms with Crippen LogP contribution >= 0.6 is 23.2 Å². The maximum atomic E-state index is 13.4. The number of anilines is 1. The molecule has 194 valence electrons. The van der Waals surface area contributed by atoms with Crippen molar-refractivity contribution < 1.29 is 28.9 Å². The van der Waals surface area contributed by atoms with Gasteiger partial charge in [0.2, 0.25) is 0 Å². The third-order valence-electron chi connectivity index (χ3n) is 6.00. The number of ether oxygens (including phenoxy) is 3. The maximum Gasteiger partial charge on any atom is 0.300 e. The Morgan fingerprint density at radius 3 is 2.21 bits per heavy atom. The summed E-state index contributed by atoms with van der Waals surface area (Å²) in [6, 6.07) is 14.9. The standard InChI is InChI=1S/C28H22Cl2N2O6/c1-4-38-22-13-16(7-10-21(22)36-2)24-23(25(33)17-11-19(29)27(37-3)20(30)12-17)26(34)28(35)32(24)18-8-5-15(14-31)6-9-18/h5-13,24,33H,4H2,1-3H3/b25-23+. The molecule has 3 aromatic rings. The number of hydrogen-bond acceptors (Lipinski definition) is 7. The van der Waals surface area contributed by atoms with Gasteiger partial charge in [-0.1, -0.05) is 29.3 Å². The number of methoxy groups -OCH3 is 2. The van der Waals surface area contributed by atoms with Gasteiger partial charge in [0.05, 0.1) is 54.1 Å². The Labute approximate surface area is 229 Å². The zero-order chi connectivity index (χ0) is 27.6. The highest BCUT2D eigenvalue weighted by Crippen LogP contribution is 2.45. The maximum absolute atomic E-state index is 13.4. The summed E-state index contributed by atoms with van der Waals surface area (Å²) in [4.78, 5) is 28.1. The molecule has 1 unspecified atom stereocenters. The Balaban J connectivity index is 1.98. The molecule has 0 radical (unpaired) electrons. The van der Waals surface area contributed by atoms with Crippen molar-refractivity contribution in [2.75, 3.05) is 25.7 Å². The van der Waals surface area contributed by atoms with E-state index in [4.69, 9.17) is 37.4 Å². The fourth-order valence-corrected chi connectivity index (χ4v) is 4.93. The van der Waals surface area contributed by atoms with E-state index in [1.165, 1.54) is 43.4 Å². The molecule has 1 atom stereocenters. The Morgan fingerprint density at radius 2 is 1.66 bits per heavy atom. The van der Waals surface area contributed by atoms with Crippen molar-refractivity contribution in [2.45, 2.75) is 13.0 Å². The number of nitrogens with zero attached hydrogens (tertiary/aromatic N) is 2. The third kappa shape index (κ3) is 4.74. The minimum atomic E-state index is -1.05. The summed E-state index contributed by atoms with van der Waals surface area (Å²) in [6.45, 7) is 2.16. The highest BCUT2D eigenvalue weighted by Gasteiger charge is 2.47. The molecule has 0 saturated carbocycles. The number of carbonyl (C=O) groups excluding carboxylic acids is 2. The van der Waals surface area contributed by atoms with Crippen LogP contribution in [0.4, 0.5) is 5.69 Å². The average molecular weight is 553 g/mol. The number of Topliss-reactive ketones (excluding diaryl/α,β-unsaturated/α-hetero) is 1. The van der Waals surface area contributed by atoms with Crippen molar-refractivity contribution in [3.63, 3.8) is 0 Å². The number of benzene rings is 3. The highest BCUT2D eigenvalue weighted by molar-refractivity contribution is 6.51. The molecule has 0 bridgehead atoms. The van der Waals surface area contributed by atoms with E-state index in [1.54, 1.807) is 30.3 Å². The summed E-state index contributed by atoms with van der Waals surface area (Å²) >= 11 is 12.6. The largest absolute Gasteiger partial charge is 0.507 e. The van der Waals surface area contributed by atoms with Gasteiger partial charge in [0.1, 0.15) is 5.76 Å². The smallest absolute Gasteiger partial charge is 0.300 e. The van der Waals surface area contributed by atoms with Crippen LogP contribution in [0.25, 0.3) is 5.76 Å². The second-order valence-electron chi connectivity index (χ2n) is 8.14. The number of nitriles is 1.